The van der Waals surface area contributed by atoms with Crippen LogP contribution < -0.4 is 5.73 Å². The predicted molar refractivity (Wildman–Crippen MR) is 101 cm³/mol. The maximum Gasteiger partial charge on any atom is 0.344 e. The lowest BCUT2D eigenvalue weighted by Gasteiger charge is -2.07. The van der Waals surface area contributed by atoms with Crippen LogP contribution in [0, 0.1) is 0 Å². The van der Waals surface area contributed by atoms with Crippen LogP contribution in [0.3, 0.4) is 0 Å². The number of rotatable bonds is 4. The second-order valence-electron chi connectivity index (χ2n) is 5.95. The summed E-state index contributed by atoms with van der Waals surface area (Å²) in [5, 5.41) is 0. The van der Waals surface area contributed by atoms with Crippen LogP contribution in [0.15, 0.2) is 54.6 Å². The van der Waals surface area contributed by atoms with Gasteiger partial charge in [0.1, 0.15) is 16.9 Å². The van der Waals surface area contributed by atoms with Crippen LogP contribution in [0.25, 0.3) is 27.9 Å². The number of aromatic nitrogens is 3. The van der Waals surface area contributed by atoms with Gasteiger partial charge in [0.15, 0.2) is 5.65 Å². The molecule has 4 rings (SSSR count). The third kappa shape index (κ3) is 2.56. The number of nitrogen functional groups attached to an aromatic ring is 1. The number of anilines is 1. The van der Waals surface area contributed by atoms with E-state index >= 15 is 0 Å². The van der Waals surface area contributed by atoms with Crippen molar-refractivity contribution in [3.8, 4) is 5.69 Å². The van der Waals surface area contributed by atoms with Gasteiger partial charge in [0.25, 0.3) is 0 Å². The van der Waals surface area contributed by atoms with Gasteiger partial charge >= 0.3 is 5.97 Å². The summed E-state index contributed by atoms with van der Waals surface area (Å²) >= 11 is 0. The Kier molecular flexibility index (Phi) is 4.01. The number of hydrogen-bond acceptors (Lipinski definition) is 5. The molecule has 0 atom stereocenters. The fourth-order valence-electron chi connectivity index (χ4n) is 2.97. The second-order valence-corrected chi connectivity index (χ2v) is 5.95. The van der Waals surface area contributed by atoms with Crippen molar-refractivity contribution < 1.29 is 9.53 Å². The zero-order valence-corrected chi connectivity index (χ0v) is 14.3. The third-order valence-corrected chi connectivity index (χ3v) is 4.15. The largest absolute Gasteiger partial charge is 0.462 e. The molecule has 2 N–H and O–H groups in total. The lowest BCUT2D eigenvalue weighted by atomic mass is 10.2. The summed E-state index contributed by atoms with van der Waals surface area (Å²) in [7, 11) is 0. The molecule has 0 unspecified atom stereocenters. The smallest absolute Gasteiger partial charge is 0.344 e. The average Bonchev–Trinajstić information content (AvgIpc) is 2.95. The number of nitrogens with zero attached hydrogens (tertiary/aromatic N) is 3. The van der Waals surface area contributed by atoms with Gasteiger partial charge in [-0.1, -0.05) is 37.3 Å². The Balaban J connectivity index is 2.05. The zero-order chi connectivity index (χ0) is 18.1. The summed E-state index contributed by atoms with van der Waals surface area (Å²) < 4.78 is 7.07. The minimum absolute atomic E-state index is 0.260. The van der Waals surface area contributed by atoms with Crippen LogP contribution >= 0.6 is 0 Å². The minimum atomic E-state index is -0.478. The van der Waals surface area contributed by atoms with E-state index in [1.807, 2.05) is 61.5 Å². The van der Waals surface area contributed by atoms with E-state index in [0.29, 0.717) is 23.3 Å². The SMILES string of the molecule is CCCOC(=O)c1c(N)n(-c2ccccc2)c2nc3ccccc3nc12. The van der Waals surface area contributed by atoms with E-state index in [4.69, 9.17) is 15.5 Å². The standard InChI is InChI=1S/C20H18N4O2/c1-2-12-26-20(25)16-17-19(23-15-11-7-6-10-14(15)22-17)24(18(16)21)13-8-4-3-5-9-13/h3-11H,2,12,21H2,1H3. The van der Waals surface area contributed by atoms with Crippen LogP contribution in [-0.4, -0.2) is 27.1 Å². The van der Waals surface area contributed by atoms with E-state index < -0.39 is 5.97 Å². The third-order valence-electron chi connectivity index (χ3n) is 4.15. The van der Waals surface area contributed by atoms with Gasteiger partial charge in [0.2, 0.25) is 0 Å². The molecule has 0 saturated heterocycles. The molecule has 26 heavy (non-hydrogen) atoms. The number of benzene rings is 2. The van der Waals surface area contributed by atoms with Gasteiger partial charge in [-0.05, 0) is 30.7 Å². The topological polar surface area (TPSA) is 83.0 Å². The van der Waals surface area contributed by atoms with E-state index in [2.05, 4.69) is 4.98 Å². The monoisotopic (exact) mass is 346 g/mol. The van der Waals surface area contributed by atoms with Crippen molar-refractivity contribution >= 4 is 34.0 Å². The first-order valence-electron chi connectivity index (χ1n) is 8.50. The van der Waals surface area contributed by atoms with Crippen LogP contribution in [-0.2, 0) is 4.74 Å². The van der Waals surface area contributed by atoms with Crippen molar-refractivity contribution in [1.82, 2.24) is 14.5 Å². The lowest BCUT2D eigenvalue weighted by molar-refractivity contribution is 0.0508. The van der Waals surface area contributed by atoms with Gasteiger partial charge in [0, 0.05) is 5.69 Å². The summed E-state index contributed by atoms with van der Waals surface area (Å²) in [4.78, 5) is 22.0. The highest BCUT2D eigenvalue weighted by atomic mass is 16.5. The molecule has 0 fully saturated rings. The highest BCUT2D eigenvalue weighted by molar-refractivity contribution is 6.09. The number of hydrogen-bond donors (Lipinski definition) is 1. The average molecular weight is 346 g/mol. The Labute approximate surface area is 150 Å². The van der Waals surface area contributed by atoms with Crippen molar-refractivity contribution in [3.05, 3.63) is 60.2 Å². The molecule has 0 radical (unpaired) electrons. The molecule has 0 spiro atoms. The van der Waals surface area contributed by atoms with E-state index in [1.54, 1.807) is 4.57 Å². The van der Waals surface area contributed by atoms with Gasteiger partial charge in [-0.2, -0.15) is 0 Å². The molecule has 0 saturated carbocycles. The molecule has 4 aromatic rings. The van der Waals surface area contributed by atoms with Crippen molar-refractivity contribution in [2.75, 3.05) is 12.3 Å². The van der Waals surface area contributed by atoms with Crippen LogP contribution in [0.5, 0.6) is 0 Å². The Morgan fingerprint density at radius 3 is 2.38 bits per heavy atom. The van der Waals surface area contributed by atoms with Crippen molar-refractivity contribution in [1.29, 1.82) is 0 Å². The van der Waals surface area contributed by atoms with Crippen LogP contribution in [0.4, 0.5) is 5.82 Å². The first-order valence-corrected chi connectivity index (χ1v) is 8.50. The van der Waals surface area contributed by atoms with E-state index in [-0.39, 0.29) is 11.4 Å². The molecule has 0 aliphatic carbocycles. The molecule has 6 heteroatoms. The summed E-state index contributed by atoms with van der Waals surface area (Å²) in [5.41, 5.74) is 9.87. The Morgan fingerprint density at radius 1 is 1.04 bits per heavy atom. The number of fused-ring (bicyclic) bond motifs is 2. The molecule has 2 aromatic carbocycles. The summed E-state index contributed by atoms with van der Waals surface area (Å²) in [6.07, 6.45) is 0.734. The second kappa shape index (κ2) is 6.48. The van der Waals surface area contributed by atoms with E-state index in [0.717, 1.165) is 17.6 Å². The molecule has 2 aromatic heterocycles. The van der Waals surface area contributed by atoms with E-state index in [1.165, 1.54) is 0 Å². The Morgan fingerprint density at radius 2 is 1.69 bits per heavy atom. The van der Waals surface area contributed by atoms with Crippen molar-refractivity contribution in [2.45, 2.75) is 13.3 Å². The van der Waals surface area contributed by atoms with Gasteiger partial charge in [-0.15, -0.1) is 0 Å². The normalized spacial score (nSPS) is 11.1. The molecule has 0 aliphatic rings. The summed E-state index contributed by atoms with van der Waals surface area (Å²) in [6, 6.07) is 17.1. The molecule has 0 bridgehead atoms. The summed E-state index contributed by atoms with van der Waals surface area (Å²) in [6.45, 7) is 2.27. The maximum atomic E-state index is 12.6. The minimum Gasteiger partial charge on any atom is -0.462 e. The number of esters is 1. The fraction of sp³-hybridized carbons (Fsp3) is 0.150. The first kappa shape index (κ1) is 16.1. The number of ether oxygens (including phenoxy) is 1. The molecule has 2 heterocycles. The molecule has 6 nitrogen and oxygen atoms in total. The van der Waals surface area contributed by atoms with Crippen molar-refractivity contribution in [3.63, 3.8) is 0 Å². The number of para-hydroxylation sites is 3. The fourth-order valence-corrected chi connectivity index (χ4v) is 2.97. The zero-order valence-electron chi connectivity index (χ0n) is 14.3. The highest BCUT2D eigenvalue weighted by Gasteiger charge is 2.25. The number of carbonyl (C=O) groups is 1. The van der Waals surface area contributed by atoms with E-state index in [9.17, 15) is 4.79 Å². The predicted octanol–water partition coefficient (Wildman–Crippen LogP) is 3.72. The Hall–Kier alpha value is -3.41. The van der Waals surface area contributed by atoms with Crippen LogP contribution in [0.2, 0.25) is 0 Å². The first-order chi connectivity index (χ1) is 12.7. The molecule has 0 aliphatic heterocycles. The lowest BCUT2D eigenvalue weighted by Crippen LogP contribution is -2.09. The molecule has 0 amide bonds. The number of carbonyl (C=O) groups excluding carboxylic acids is 1. The van der Waals surface area contributed by atoms with Gasteiger partial charge < -0.3 is 10.5 Å². The molecular weight excluding hydrogens is 328 g/mol. The summed E-state index contributed by atoms with van der Waals surface area (Å²) in [5.74, 6) is -0.198. The van der Waals surface area contributed by atoms with Crippen LogP contribution in [0.1, 0.15) is 23.7 Å². The van der Waals surface area contributed by atoms with Gasteiger partial charge in [-0.25, -0.2) is 14.8 Å². The van der Waals surface area contributed by atoms with Gasteiger partial charge in [0.05, 0.1) is 17.6 Å². The molecular formula is C20H18N4O2. The Bertz CT molecular complexity index is 1100. The molecule has 130 valence electrons. The number of nitrogens with two attached hydrogens (primary N) is 1. The van der Waals surface area contributed by atoms with Gasteiger partial charge in [-0.3, -0.25) is 4.57 Å². The maximum absolute atomic E-state index is 12.6. The highest BCUT2D eigenvalue weighted by Crippen LogP contribution is 2.31. The quantitative estimate of drug-likeness (QED) is 0.569. The van der Waals surface area contributed by atoms with Crippen molar-refractivity contribution in [2.24, 2.45) is 0 Å².